The lowest BCUT2D eigenvalue weighted by molar-refractivity contribution is -0.121. The fraction of sp³-hybridized carbons (Fsp3) is 0.684. The highest BCUT2D eigenvalue weighted by Gasteiger charge is 2.62. The average molecular weight is 378 g/mol. The third kappa shape index (κ3) is 3.06. The van der Waals surface area contributed by atoms with Gasteiger partial charge in [0.1, 0.15) is 0 Å². The zero-order valence-corrected chi connectivity index (χ0v) is 16.2. The lowest BCUT2D eigenvalue weighted by Gasteiger charge is -2.29. The molecule has 2 bridgehead atoms. The van der Waals surface area contributed by atoms with Gasteiger partial charge in [0.05, 0.1) is 23.1 Å². The van der Waals surface area contributed by atoms with Gasteiger partial charge in [0, 0.05) is 43.4 Å². The van der Waals surface area contributed by atoms with Crippen molar-refractivity contribution in [3.63, 3.8) is 0 Å². The van der Waals surface area contributed by atoms with Gasteiger partial charge >= 0.3 is 0 Å². The maximum absolute atomic E-state index is 12.5. The second-order valence-electron chi connectivity index (χ2n) is 7.70. The maximum Gasteiger partial charge on any atom is 0.261 e. The molecule has 3 fully saturated rings. The number of ether oxygens (including phenoxy) is 1. The Morgan fingerprint density at radius 2 is 2.27 bits per heavy atom. The Kier molecular flexibility index (Phi) is 4.79. The monoisotopic (exact) mass is 377 g/mol. The summed E-state index contributed by atoms with van der Waals surface area (Å²) in [5.41, 5.74) is -0.105. The van der Waals surface area contributed by atoms with Crippen molar-refractivity contribution in [1.82, 2.24) is 15.5 Å². The molecule has 3 saturated heterocycles. The highest BCUT2D eigenvalue weighted by atomic mass is 32.1. The molecule has 1 aromatic heterocycles. The van der Waals surface area contributed by atoms with E-state index in [9.17, 15) is 9.59 Å². The molecule has 142 valence electrons. The summed E-state index contributed by atoms with van der Waals surface area (Å²) < 4.78 is 6.38. The highest BCUT2D eigenvalue weighted by Crippen LogP contribution is 2.54. The summed E-state index contributed by atoms with van der Waals surface area (Å²) in [7, 11) is 1.67. The van der Waals surface area contributed by atoms with Crippen LogP contribution in [0.5, 0.6) is 0 Å². The molecule has 2 amide bonds. The number of aryl methyl sites for hydroxylation is 1. The molecule has 2 N–H and O–H groups in total. The van der Waals surface area contributed by atoms with Crippen LogP contribution in [-0.2, 0) is 16.0 Å². The van der Waals surface area contributed by atoms with Crippen molar-refractivity contribution in [1.29, 1.82) is 0 Å². The predicted molar refractivity (Wildman–Crippen MR) is 100 cm³/mol. The second kappa shape index (κ2) is 6.94. The fourth-order valence-electron chi connectivity index (χ4n) is 4.95. The van der Waals surface area contributed by atoms with E-state index < -0.39 is 0 Å². The van der Waals surface area contributed by atoms with Gasteiger partial charge in [0.2, 0.25) is 5.91 Å². The standard InChI is InChI=1S/C19H27N3O3S/c1-3-12-4-5-16(26-12)18(24)21-8-13-14-9-22(10-17(23)20-2)11-19(14)7-6-15(13)25-19/h4-5,13-15H,3,6-11H2,1-2H3,(H,20,23)(H,21,24)/t13-,14+,15+,19+/m0/s1. The van der Waals surface area contributed by atoms with E-state index >= 15 is 0 Å². The Morgan fingerprint density at radius 1 is 1.42 bits per heavy atom. The molecule has 4 rings (SSSR count). The number of carbonyl (C=O) groups is 2. The fourth-order valence-corrected chi connectivity index (χ4v) is 5.81. The molecule has 4 atom stereocenters. The van der Waals surface area contributed by atoms with Gasteiger partial charge in [-0.3, -0.25) is 14.5 Å². The van der Waals surface area contributed by atoms with Gasteiger partial charge in [-0.15, -0.1) is 11.3 Å². The van der Waals surface area contributed by atoms with Crippen molar-refractivity contribution in [2.75, 3.05) is 33.2 Å². The number of nitrogens with one attached hydrogen (secondary N) is 2. The number of rotatable bonds is 6. The molecule has 4 heterocycles. The molecule has 6 nitrogen and oxygen atoms in total. The SMILES string of the molecule is CCc1ccc(C(=O)NC[C@H]2[C@H]3CN(CC(=O)NC)C[C@]34CC[C@H]2O4)s1. The first-order chi connectivity index (χ1) is 12.5. The van der Waals surface area contributed by atoms with Crippen LogP contribution in [0.25, 0.3) is 0 Å². The van der Waals surface area contributed by atoms with E-state index in [-0.39, 0.29) is 23.5 Å². The van der Waals surface area contributed by atoms with Crippen molar-refractivity contribution in [3.05, 3.63) is 21.9 Å². The van der Waals surface area contributed by atoms with Crippen LogP contribution in [0.2, 0.25) is 0 Å². The van der Waals surface area contributed by atoms with E-state index in [0.717, 1.165) is 37.2 Å². The number of hydrogen-bond donors (Lipinski definition) is 2. The van der Waals surface area contributed by atoms with Gasteiger partial charge in [-0.05, 0) is 31.4 Å². The Balaban J connectivity index is 1.38. The van der Waals surface area contributed by atoms with Crippen LogP contribution < -0.4 is 10.6 Å². The first-order valence-corrected chi connectivity index (χ1v) is 10.3. The molecular formula is C19H27N3O3S. The van der Waals surface area contributed by atoms with Crippen LogP contribution in [0.3, 0.4) is 0 Å². The van der Waals surface area contributed by atoms with E-state index in [1.165, 1.54) is 4.88 Å². The van der Waals surface area contributed by atoms with Gasteiger partial charge in [0.25, 0.3) is 5.91 Å². The number of carbonyl (C=O) groups excluding carboxylic acids is 2. The van der Waals surface area contributed by atoms with Crippen LogP contribution >= 0.6 is 11.3 Å². The molecule has 1 aromatic rings. The molecule has 0 aliphatic carbocycles. The lowest BCUT2D eigenvalue weighted by atomic mass is 9.73. The number of fused-ring (bicyclic) bond motifs is 1. The van der Waals surface area contributed by atoms with Gasteiger partial charge < -0.3 is 15.4 Å². The van der Waals surface area contributed by atoms with Crippen LogP contribution in [-0.4, -0.2) is 61.6 Å². The first-order valence-electron chi connectivity index (χ1n) is 9.52. The molecule has 26 heavy (non-hydrogen) atoms. The van der Waals surface area contributed by atoms with Crippen molar-refractivity contribution in [3.8, 4) is 0 Å². The van der Waals surface area contributed by atoms with Crippen molar-refractivity contribution in [2.45, 2.75) is 37.9 Å². The predicted octanol–water partition coefficient (Wildman–Crippen LogP) is 1.27. The topological polar surface area (TPSA) is 70.7 Å². The van der Waals surface area contributed by atoms with E-state index in [4.69, 9.17) is 4.74 Å². The number of hydrogen-bond acceptors (Lipinski definition) is 5. The summed E-state index contributed by atoms with van der Waals surface area (Å²) in [6.07, 6.45) is 3.34. The number of likely N-dealkylation sites (N-methyl/N-ethyl adjacent to an activating group) is 1. The average Bonchev–Trinajstić information content (AvgIpc) is 3.38. The summed E-state index contributed by atoms with van der Waals surface area (Å²) in [5.74, 6) is 0.811. The number of likely N-dealkylation sites (tertiary alicyclic amines) is 1. The Morgan fingerprint density at radius 3 is 3.00 bits per heavy atom. The van der Waals surface area contributed by atoms with Crippen LogP contribution in [0.15, 0.2) is 12.1 Å². The molecule has 0 radical (unpaired) electrons. The summed E-state index contributed by atoms with van der Waals surface area (Å²) in [6.45, 7) is 4.89. The lowest BCUT2D eigenvalue weighted by Crippen LogP contribution is -2.41. The minimum absolute atomic E-state index is 0.0201. The van der Waals surface area contributed by atoms with E-state index in [1.807, 2.05) is 12.1 Å². The number of thiophene rings is 1. The quantitative estimate of drug-likeness (QED) is 0.783. The minimum Gasteiger partial charge on any atom is -0.370 e. The third-order valence-corrected chi connectivity index (χ3v) is 7.46. The van der Waals surface area contributed by atoms with E-state index in [2.05, 4.69) is 22.5 Å². The second-order valence-corrected chi connectivity index (χ2v) is 8.87. The molecule has 3 aliphatic heterocycles. The molecule has 1 spiro atoms. The van der Waals surface area contributed by atoms with Crippen molar-refractivity contribution in [2.24, 2.45) is 11.8 Å². The number of amides is 2. The van der Waals surface area contributed by atoms with Gasteiger partial charge in [0.15, 0.2) is 0 Å². The molecule has 0 aromatic carbocycles. The first kappa shape index (κ1) is 17.9. The van der Waals surface area contributed by atoms with Crippen molar-refractivity contribution >= 4 is 23.2 Å². The molecular weight excluding hydrogens is 350 g/mol. The third-order valence-electron chi connectivity index (χ3n) is 6.23. The van der Waals surface area contributed by atoms with Crippen LogP contribution in [0.4, 0.5) is 0 Å². The zero-order valence-electron chi connectivity index (χ0n) is 15.4. The Labute approximate surface area is 158 Å². The van der Waals surface area contributed by atoms with E-state index in [1.54, 1.807) is 18.4 Å². The summed E-state index contributed by atoms with van der Waals surface area (Å²) in [4.78, 5) is 28.4. The van der Waals surface area contributed by atoms with Crippen molar-refractivity contribution < 1.29 is 14.3 Å². The zero-order chi connectivity index (χ0) is 18.3. The smallest absolute Gasteiger partial charge is 0.261 e. The van der Waals surface area contributed by atoms with Crippen LogP contribution in [0.1, 0.15) is 34.3 Å². The van der Waals surface area contributed by atoms with Gasteiger partial charge in [-0.2, -0.15) is 0 Å². The minimum atomic E-state index is -0.105. The molecule has 0 saturated carbocycles. The van der Waals surface area contributed by atoms with Gasteiger partial charge in [-0.25, -0.2) is 0 Å². The van der Waals surface area contributed by atoms with Crippen LogP contribution in [0, 0.1) is 11.8 Å². The summed E-state index contributed by atoms with van der Waals surface area (Å²) in [5, 5.41) is 5.83. The normalized spacial score (nSPS) is 32.6. The van der Waals surface area contributed by atoms with Gasteiger partial charge in [-0.1, -0.05) is 6.92 Å². The molecule has 0 unspecified atom stereocenters. The molecule has 7 heteroatoms. The summed E-state index contributed by atoms with van der Waals surface area (Å²) in [6, 6.07) is 3.95. The maximum atomic E-state index is 12.5. The highest BCUT2D eigenvalue weighted by molar-refractivity contribution is 7.14. The Hall–Kier alpha value is -1.44. The molecule has 3 aliphatic rings. The number of nitrogens with zero attached hydrogens (tertiary/aromatic N) is 1. The Bertz CT molecular complexity index is 706. The summed E-state index contributed by atoms with van der Waals surface area (Å²) >= 11 is 1.57. The largest absolute Gasteiger partial charge is 0.370 e. The van der Waals surface area contributed by atoms with E-state index in [0.29, 0.717) is 24.9 Å².